The number of hydrogen-bond donors (Lipinski definition) is 0. The zero-order valence-electron chi connectivity index (χ0n) is 12.1. The van der Waals surface area contributed by atoms with E-state index in [0.29, 0.717) is 12.2 Å². The lowest BCUT2D eigenvalue weighted by atomic mass is 10.2. The molecule has 0 aliphatic carbocycles. The van der Waals surface area contributed by atoms with E-state index in [1.165, 1.54) is 10.7 Å². The van der Waals surface area contributed by atoms with Gasteiger partial charge in [0.15, 0.2) is 0 Å². The molecule has 0 saturated heterocycles. The standard InChI is InChI=1S/C10H9FN2.C5H10O2/c1-8-6-7-13(12-8)10-5-3-2-4-9(10)11;1-5(2,3)7-4-6/h2-7H,1H3;4H,1-3H3. The summed E-state index contributed by atoms with van der Waals surface area (Å²) in [4.78, 5) is 9.60. The molecular formula is C15H19FN2O2. The maximum Gasteiger partial charge on any atom is 0.293 e. The fourth-order valence-electron chi connectivity index (χ4n) is 1.33. The van der Waals surface area contributed by atoms with Crippen molar-refractivity contribution in [2.45, 2.75) is 33.3 Å². The van der Waals surface area contributed by atoms with Crippen LogP contribution in [0.15, 0.2) is 36.5 Å². The fourth-order valence-corrected chi connectivity index (χ4v) is 1.33. The summed E-state index contributed by atoms with van der Waals surface area (Å²) in [6.07, 6.45) is 1.74. The minimum Gasteiger partial charge on any atom is -0.462 e. The van der Waals surface area contributed by atoms with Crippen LogP contribution in [-0.4, -0.2) is 21.9 Å². The molecule has 1 aromatic carbocycles. The van der Waals surface area contributed by atoms with Crippen molar-refractivity contribution in [1.29, 1.82) is 0 Å². The predicted octanol–water partition coefficient (Wildman–Crippen LogP) is 3.28. The highest BCUT2D eigenvalue weighted by molar-refractivity contribution is 5.37. The average molecular weight is 278 g/mol. The number of ether oxygens (including phenoxy) is 1. The number of aromatic nitrogens is 2. The zero-order chi connectivity index (χ0) is 15.2. The molecule has 0 aliphatic heterocycles. The first-order valence-corrected chi connectivity index (χ1v) is 6.22. The van der Waals surface area contributed by atoms with Crippen molar-refractivity contribution in [3.63, 3.8) is 0 Å². The molecular weight excluding hydrogens is 259 g/mol. The third kappa shape index (κ3) is 5.22. The highest BCUT2D eigenvalue weighted by Gasteiger charge is 2.07. The van der Waals surface area contributed by atoms with Gasteiger partial charge in [0.25, 0.3) is 6.47 Å². The zero-order valence-corrected chi connectivity index (χ0v) is 12.1. The Morgan fingerprint density at radius 3 is 2.30 bits per heavy atom. The third-order valence-corrected chi connectivity index (χ3v) is 2.22. The van der Waals surface area contributed by atoms with Gasteiger partial charge in [-0.25, -0.2) is 9.07 Å². The van der Waals surface area contributed by atoms with E-state index in [1.807, 2.05) is 33.8 Å². The third-order valence-electron chi connectivity index (χ3n) is 2.22. The van der Waals surface area contributed by atoms with E-state index in [-0.39, 0.29) is 11.4 Å². The van der Waals surface area contributed by atoms with Crippen molar-refractivity contribution in [2.75, 3.05) is 0 Å². The van der Waals surface area contributed by atoms with Crippen LogP contribution in [0.25, 0.3) is 5.69 Å². The average Bonchev–Trinajstić information content (AvgIpc) is 2.75. The van der Waals surface area contributed by atoms with Gasteiger partial charge in [0, 0.05) is 6.20 Å². The summed E-state index contributed by atoms with van der Waals surface area (Å²) >= 11 is 0. The lowest BCUT2D eigenvalue weighted by molar-refractivity contribution is -0.138. The second kappa shape index (κ2) is 6.84. The summed E-state index contributed by atoms with van der Waals surface area (Å²) in [5, 5.41) is 4.12. The van der Waals surface area contributed by atoms with Gasteiger partial charge in [-0.1, -0.05) is 12.1 Å². The molecule has 1 aromatic heterocycles. The van der Waals surface area contributed by atoms with Crippen LogP contribution in [-0.2, 0) is 9.53 Å². The molecule has 0 bridgehead atoms. The molecule has 4 nitrogen and oxygen atoms in total. The number of carbonyl (C=O) groups is 1. The van der Waals surface area contributed by atoms with E-state index in [4.69, 9.17) is 0 Å². The Hall–Kier alpha value is -2.17. The molecule has 2 rings (SSSR count). The van der Waals surface area contributed by atoms with Gasteiger partial charge < -0.3 is 4.74 Å². The molecule has 0 fully saturated rings. The molecule has 5 heteroatoms. The van der Waals surface area contributed by atoms with E-state index < -0.39 is 0 Å². The minimum atomic E-state index is -0.318. The Morgan fingerprint density at radius 1 is 1.25 bits per heavy atom. The molecule has 20 heavy (non-hydrogen) atoms. The van der Waals surface area contributed by atoms with Gasteiger partial charge in [-0.15, -0.1) is 0 Å². The van der Waals surface area contributed by atoms with Crippen LogP contribution in [0.2, 0.25) is 0 Å². The first-order valence-electron chi connectivity index (χ1n) is 6.22. The molecule has 1 heterocycles. The van der Waals surface area contributed by atoms with Gasteiger partial charge in [-0.2, -0.15) is 5.10 Å². The quantitative estimate of drug-likeness (QED) is 0.792. The lowest BCUT2D eigenvalue weighted by Crippen LogP contribution is -2.17. The Bertz CT molecular complexity index is 559. The summed E-state index contributed by atoms with van der Waals surface area (Å²) in [5.74, 6) is -0.259. The Balaban J connectivity index is 0.000000246. The second-order valence-corrected chi connectivity index (χ2v) is 5.18. The summed E-state index contributed by atoms with van der Waals surface area (Å²) < 4.78 is 19.3. The maximum atomic E-state index is 13.2. The lowest BCUT2D eigenvalue weighted by Gasteiger charge is -2.14. The van der Waals surface area contributed by atoms with E-state index in [1.54, 1.807) is 24.4 Å². The van der Waals surface area contributed by atoms with Crippen LogP contribution in [0.5, 0.6) is 0 Å². The van der Waals surface area contributed by atoms with Gasteiger partial charge in [0.1, 0.15) is 17.1 Å². The largest absolute Gasteiger partial charge is 0.462 e. The van der Waals surface area contributed by atoms with Crippen LogP contribution in [0, 0.1) is 12.7 Å². The molecule has 0 saturated carbocycles. The van der Waals surface area contributed by atoms with Crippen molar-refractivity contribution < 1.29 is 13.9 Å². The summed E-state index contributed by atoms with van der Waals surface area (Å²) in [5.41, 5.74) is 1.04. The Morgan fingerprint density at radius 2 is 1.90 bits per heavy atom. The number of benzene rings is 1. The Kier molecular flexibility index (Phi) is 5.43. The van der Waals surface area contributed by atoms with Gasteiger partial charge in [-0.3, -0.25) is 4.79 Å². The van der Waals surface area contributed by atoms with Gasteiger partial charge in [0.05, 0.1) is 5.69 Å². The summed E-state index contributed by atoms with van der Waals surface area (Å²) in [6.45, 7) is 7.79. The number of rotatable bonds is 2. The minimum absolute atomic E-state index is 0.259. The smallest absolute Gasteiger partial charge is 0.293 e. The van der Waals surface area contributed by atoms with Gasteiger partial charge in [0.2, 0.25) is 0 Å². The first kappa shape index (κ1) is 15.9. The Labute approximate surface area is 118 Å². The number of para-hydroxylation sites is 1. The van der Waals surface area contributed by atoms with Gasteiger partial charge >= 0.3 is 0 Å². The van der Waals surface area contributed by atoms with Crippen LogP contribution in [0.3, 0.4) is 0 Å². The summed E-state index contributed by atoms with van der Waals surface area (Å²) in [6, 6.07) is 8.41. The molecule has 108 valence electrons. The predicted molar refractivity (Wildman–Crippen MR) is 75.2 cm³/mol. The van der Waals surface area contributed by atoms with Crippen molar-refractivity contribution in [3.05, 3.63) is 48.0 Å². The topological polar surface area (TPSA) is 44.1 Å². The number of halogens is 1. The van der Waals surface area contributed by atoms with E-state index in [0.717, 1.165) is 5.69 Å². The highest BCUT2D eigenvalue weighted by Crippen LogP contribution is 2.11. The van der Waals surface area contributed by atoms with Crippen molar-refractivity contribution in [2.24, 2.45) is 0 Å². The highest BCUT2D eigenvalue weighted by atomic mass is 19.1. The monoisotopic (exact) mass is 278 g/mol. The maximum absolute atomic E-state index is 13.2. The normalized spacial score (nSPS) is 10.4. The molecule has 0 spiro atoms. The number of carbonyl (C=O) groups excluding carboxylic acids is 1. The molecule has 2 aromatic rings. The number of nitrogens with zero attached hydrogens (tertiary/aromatic N) is 2. The van der Waals surface area contributed by atoms with Crippen LogP contribution in [0.1, 0.15) is 26.5 Å². The molecule has 0 aliphatic rings. The molecule has 0 N–H and O–H groups in total. The molecule has 0 unspecified atom stereocenters. The van der Waals surface area contributed by atoms with Crippen molar-refractivity contribution >= 4 is 6.47 Å². The molecule has 0 amide bonds. The first-order chi connectivity index (χ1) is 9.33. The van der Waals surface area contributed by atoms with Gasteiger partial charge in [-0.05, 0) is 45.9 Å². The van der Waals surface area contributed by atoms with E-state index >= 15 is 0 Å². The second-order valence-electron chi connectivity index (χ2n) is 5.18. The van der Waals surface area contributed by atoms with E-state index in [2.05, 4.69) is 9.84 Å². The summed E-state index contributed by atoms with van der Waals surface area (Å²) in [7, 11) is 0. The van der Waals surface area contributed by atoms with Crippen LogP contribution < -0.4 is 0 Å². The van der Waals surface area contributed by atoms with Crippen LogP contribution in [0.4, 0.5) is 4.39 Å². The van der Waals surface area contributed by atoms with E-state index in [9.17, 15) is 9.18 Å². The fraction of sp³-hybridized carbons (Fsp3) is 0.333. The number of aryl methyl sites for hydroxylation is 1. The van der Waals surface area contributed by atoms with Crippen molar-refractivity contribution in [3.8, 4) is 5.69 Å². The molecule has 0 atom stereocenters. The SMILES string of the molecule is CC(C)(C)OC=O.Cc1ccn(-c2ccccc2F)n1. The number of hydrogen-bond acceptors (Lipinski definition) is 3. The van der Waals surface area contributed by atoms with Crippen molar-refractivity contribution in [1.82, 2.24) is 9.78 Å². The van der Waals surface area contributed by atoms with Crippen LogP contribution >= 0.6 is 0 Å². The molecule has 0 radical (unpaired) electrons.